The summed E-state index contributed by atoms with van der Waals surface area (Å²) in [5, 5.41) is 10.6. The van der Waals surface area contributed by atoms with Gasteiger partial charge in [0.25, 0.3) is 0 Å². The third-order valence-electron chi connectivity index (χ3n) is 4.14. The minimum absolute atomic E-state index is 0.104. The summed E-state index contributed by atoms with van der Waals surface area (Å²) in [6, 6.07) is 9.69. The van der Waals surface area contributed by atoms with E-state index >= 15 is 0 Å². The van der Waals surface area contributed by atoms with Gasteiger partial charge in [-0.2, -0.15) is 0 Å². The molecule has 0 aliphatic carbocycles. The van der Waals surface area contributed by atoms with E-state index in [-0.39, 0.29) is 11.5 Å². The fourth-order valence-corrected chi connectivity index (χ4v) is 2.87. The number of carbonyl (C=O) groups excluding carboxylic acids is 1. The quantitative estimate of drug-likeness (QED) is 0.577. The second-order valence-corrected chi connectivity index (χ2v) is 6.64. The number of benzene rings is 2. The first-order valence-electron chi connectivity index (χ1n) is 8.97. The van der Waals surface area contributed by atoms with E-state index in [4.69, 9.17) is 37.3 Å². The summed E-state index contributed by atoms with van der Waals surface area (Å²) in [5.41, 5.74) is 13.3. The first-order valence-corrected chi connectivity index (χ1v) is 9.35. The number of nitrogens with one attached hydrogen (secondary N) is 1. The number of aromatic nitrogens is 2. The number of aromatic carboxylic acids is 1. The monoisotopic (exact) mass is 446 g/mol. The summed E-state index contributed by atoms with van der Waals surface area (Å²) < 4.78 is 15.9. The highest BCUT2D eigenvalue weighted by atomic mass is 35.5. The fourth-order valence-electron chi connectivity index (χ4n) is 2.68. The number of nitrogens with zero attached hydrogens (tertiary/aromatic N) is 1. The molecule has 0 aliphatic rings. The van der Waals surface area contributed by atoms with Crippen molar-refractivity contribution in [1.29, 1.82) is 0 Å². The van der Waals surface area contributed by atoms with Crippen molar-refractivity contribution < 1.29 is 29.1 Å². The molecule has 0 saturated heterocycles. The van der Waals surface area contributed by atoms with Crippen molar-refractivity contribution in [1.82, 2.24) is 4.98 Å². The molecular formula is C21H23ClN4O5. The highest BCUT2D eigenvalue weighted by Gasteiger charge is 2.15. The first kappa shape index (κ1) is 23.6. The molecule has 5 N–H and O–H groups in total. The van der Waals surface area contributed by atoms with Crippen molar-refractivity contribution in [3.8, 4) is 17.2 Å². The Bertz CT molecular complexity index is 1040. The van der Waals surface area contributed by atoms with Gasteiger partial charge in [-0.1, -0.05) is 28.7 Å². The van der Waals surface area contributed by atoms with Crippen LogP contribution in [0.5, 0.6) is 17.2 Å². The summed E-state index contributed by atoms with van der Waals surface area (Å²) in [4.78, 5) is 17.0. The van der Waals surface area contributed by atoms with Gasteiger partial charge in [0.1, 0.15) is 0 Å². The van der Waals surface area contributed by atoms with E-state index in [9.17, 15) is 9.90 Å². The topological polar surface area (TPSA) is 147 Å². The third kappa shape index (κ3) is 6.38. The van der Waals surface area contributed by atoms with Gasteiger partial charge in [0.15, 0.2) is 11.5 Å². The normalized spacial score (nSPS) is 9.94. The van der Waals surface area contributed by atoms with Crippen molar-refractivity contribution in [2.24, 2.45) is 0 Å². The fraction of sp³-hybridized carbons (Fsp3) is 0.190. The lowest BCUT2D eigenvalue weighted by Crippen LogP contribution is -2.21. The number of rotatable bonds is 6. The number of nitrogens with two attached hydrogens (primary N) is 2. The average molecular weight is 447 g/mol. The molecule has 0 spiro atoms. The van der Waals surface area contributed by atoms with Crippen molar-refractivity contribution >= 4 is 29.3 Å². The van der Waals surface area contributed by atoms with Crippen LogP contribution in [-0.4, -0.2) is 32.3 Å². The van der Waals surface area contributed by atoms with E-state index in [1.165, 1.54) is 12.1 Å². The van der Waals surface area contributed by atoms with Gasteiger partial charge in [-0.15, -0.1) is 0 Å². The summed E-state index contributed by atoms with van der Waals surface area (Å²) in [6.45, 7) is 0. The Balaban J connectivity index is 0.000000285. The number of nitrogen functional groups attached to an aromatic ring is 2. The number of hydrogen-bond acceptors (Lipinski definition) is 8. The SMILES string of the molecule is COc1cc(Cc2c[nH+]c(N)nc2N)cc(OC)c1OC.O=C([O-])c1cccc(Cl)c1. The van der Waals surface area contributed by atoms with Crippen molar-refractivity contribution in [2.45, 2.75) is 6.42 Å². The van der Waals surface area contributed by atoms with E-state index in [1.807, 2.05) is 12.1 Å². The van der Waals surface area contributed by atoms with Gasteiger partial charge in [-0.05, 0) is 35.4 Å². The number of H-pyrrole nitrogens is 1. The molecule has 0 aliphatic heterocycles. The van der Waals surface area contributed by atoms with Gasteiger partial charge < -0.3 is 29.8 Å². The number of carbonyl (C=O) groups is 1. The number of carboxylic acid groups (broad SMARTS) is 1. The van der Waals surface area contributed by atoms with Gasteiger partial charge in [-0.25, -0.2) is 4.98 Å². The molecule has 2 aromatic carbocycles. The van der Waals surface area contributed by atoms with Crippen LogP contribution in [0, 0.1) is 0 Å². The maximum Gasteiger partial charge on any atom is 0.388 e. The molecule has 3 rings (SSSR count). The van der Waals surface area contributed by atoms with Crippen LogP contribution in [0.2, 0.25) is 5.02 Å². The lowest BCUT2D eigenvalue weighted by Gasteiger charge is -2.14. The number of methoxy groups -OCH3 is 3. The molecule has 10 heteroatoms. The highest BCUT2D eigenvalue weighted by Crippen LogP contribution is 2.38. The summed E-state index contributed by atoms with van der Waals surface area (Å²) in [5.74, 6) is 1.21. The van der Waals surface area contributed by atoms with Gasteiger partial charge in [0, 0.05) is 17.0 Å². The van der Waals surface area contributed by atoms with E-state index < -0.39 is 5.97 Å². The Hall–Kier alpha value is -3.72. The molecule has 0 fully saturated rings. The molecule has 3 aromatic rings. The van der Waals surface area contributed by atoms with Crippen LogP contribution in [0.1, 0.15) is 21.5 Å². The second-order valence-electron chi connectivity index (χ2n) is 6.20. The Morgan fingerprint density at radius 2 is 1.74 bits per heavy atom. The van der Waals surface area contributed by atoms with Crippen LogP contribution in [0.15, 0.2) is 42.6 Å². The molecular weight excluding hydrogens is 424 g/mol. The van der Waals surface area contributed by atoms with Gasteiger partial charge >= 0.3 is 5.95 Å². The van der Waals surface area contributed by atoms with Crippen molar-refractivity contribution in [3.05, 3.63) is 64.3 Å². The molecule has 31 heavy (non-hydrogen) atoms. The van der Waals surface area contributed by atoms with E-state index in [0.717, 1.165) is 11.1 Å². The van der Waals surface area contributed by atoms with Gasteiger partial charge in [0.05, 0.1) is 33.5 Å². The zero-order chi connectivity index (χ0) is 23.0. The molecule has 0 unspecified atom stereocenters. The average Bonchev–Trinajstić information content (AvgIpc) is 2.75. The summed E-state index contributed by atoms with van der Waals surface area (Å²) >= 11 is 5.50. The zero-order valence-corrected chi connectivity index (χ0v) is 18.0. The van der Waals surface area contributed by atoms with Gasteiger partial charge in [0.2, 0.25) is 11.6 Å². The van der Waals surface area contributed by atoms with Crippen LogP contribution >= 0.6 is 11.6 Å². The Kier molecular flexibility index (Phi) is 8.27. The lowest BCUT2D eigenvalue weighted by atomic mass is 10.1. The minimum Gasteiger partial charge on any atom is -0.545 e. The Labute approximate surface area is 184 Å². The number of anilines is 2. The van der Waals surface area contributed by atoms with Crippen LogP contribution in [0.25, 0.3) is 0 Å². The number of halogens is 1. The molecule has 9 nitrogen and oxygen atoms in total. The third-order valence-corrected chi connectivity index (χ3v) is 4.38. The minimum atomic E-state index is -1.21. The number of hydrogen-bond donors (Lipinski definition) is 2. The van der Waals surface area contributed by atoms with Crippen LogP contribution in [0.3, 0.4) is 0 Å². The van der Waals surface area contributed by atoms with Crippen LogP contribution in [-0.2, 0) is 6.42 Å². The standard InChI is InChI=1S/C14H18N4O3.C7H5ClO2/c1-19-10-5-8(6-11(20-2)12(10)21-3)4-9-7-17-14(16)18-13(9)15;8-6-3-1-2-5(4-6)7(9)10/h5-7H,4H2,1-3H3,(H4,15,16,17,18);1-4H,(H,9,10). The van der Waals surface area contributed by atoms with Crippen LogP contribution in [0.4, 0.5) is 11.8 Å². The van der Waals surface area contributed by atoms with E-state index in [2.05, 4.69) is 9.97 Å². The first-order chi connectivity index (χ1) is 14.8. The lowest BCUT2D eigenvalue weighted by molar-refractivity contribution is -0.364. The maximum absolute atomic E-state index is 10.2. The molecule has 1 heterocycles. The predicted molar refractivity (Wildman–Crippen MR) is 114 cm³/mol. The van der Waals surface area contributed by atoms with Gasteiger partial charge in [-0.3, -0.25) is 5.73 Å². The molecule has 0 amide bonds. The molecule has 164 valence electrons. The van der Waals surface area contributed by atoms with Crippen LogP contribution < -0.4 is 35.8 Å². The number of aromatic amines is 1. The van der Waals surface area contributed by atoms with Crippen molar-refractivity contribution in [2.75, 3.05) is 32.8 Å². The molecule has 0 bridgehead atoms. The summed E-state index contributed by atoms with van der Waals surface area (Å²) in [7, 11) is 4.72. The molecule has 1 aromatic heterocycles. The molecule has 0 radical (unpaired) electrons. The van der Waals surface area contributed by atoms with E-state index in [1.54, 1.807) is 39.7 Å². The second kappa shape index (κ2) is 10.9. The zero-order valence-electron chi connectivity index (χ0n) is 17.3. The summed E-state index contributed by atoms with van der Waals surface area (Å²) in [6.07, 6.45) is 2.30. The highest BCUT2D eigenvalue weighted by molar-refractivity contribution is 6.30. The van der Waals surface area contributed by atoms with E-state index in [0.29, 0.717) is 34.5 Å². The Morgan fingerprint density at radius 1 is 1.10 bits per heavy atom. The number of ether oxygens (including phenoxy) is 3. The Morgan fingerprint density at radius 3 is 2.19 bits per heavy atom. The molecule has 0 saturated carbocycles. The molecule has 0 atom stereocenters. The predicted octanol–water partition coefficient (Wildman–Crippen LogP) is 1.38. The van der Waals surface area contributed by atoms with Crippen molar-refractivity contribution in [3.63, 3.8) is 0 Å². The smallest absolute Gasteiger partial charge is 0.388 e. The number of carboxylic acids is 1. The maximum atomic E-state index is 10.2. The largest absolute Gasteiger partial charge is 0.545 e.